The van der Waals surface area contributed by atoms with Crippen LogP contribution in [0.25, 0.3) is 0 Å². The topological polar surface area (TPSA) is 67.4 Å². The second-order valence-corrected chi connectivity index (χ2v) is 6.88. The highest BCUT2D eigenvalue weighted by molar-refractivity contribution is 7.89. The Morgan fingerprint density at radius 1 is 1.43 bits per heavy atom. The van der Waals surface area contributed by atoms with Gasteiger partial charge in [-0.2, -0.15) is 0 Å². The SMILES string of the molecule is COCCCNS(=O)(=O)c1ccc2c(c1)CNC(CF)C2. The first-order valence-electron chi connectivity index (χ1n) is 6.96. The summed E-state index contributed by atoms with van der Waals surface area (Å²) in [5, 5.41) is 3.06. The number of sulfonamides is 1. The summed E-state index contributed by atoms with van der Waals surface area (Å²) in [6.45, 7) is 0.939. The van der Waals surface area contributed by atoms with Crippen LogP contribution >= 0.6 is 0 Å². The molecular formula is C14H21FN2O3S. The summed E-state index contributed by atoms with van der Waals surface area (Å²) < 4.78 is 44.4. The fourth-order valence-corrected chi connectivity index (χ4v) is 3.46. The van der Waals surface area contributed by atoms with E-state index in [9.17, 15) is 12.8 Å². The molecule has 1 unspecified atom stereocenters. The third-order valence-corrected chi connectivity index (χ3v) is 5.00. The molecule has 0 amide bonds. The maximum absolute atomic E-state index is 12.7. The van der Waals surface area contributed by atoms with E-state index < -0.39 is 16.7 Å². The van der Waals surface area contributed by atoms with Crippen molar-refractivity contribution < 1.29 is 17.5 Å². The summed E-state index contributed by atoms with van der Waals surface area (Å²) >= 11 is 0. The van der Waals surface area contributed by atoms with Crippen molar-refractivity contribution in [3.8, 4) is 0 Å². The fourth-order valence-electron chi connectivity index (χ4n) is 2.34. The quantitative estimate of drug-likeness (QED) is 0.736. The third kappa shape index (κ3) is 4.23. The van der Waals surface area contributed by atoms with E-state index in [1.165, 1.54) is 0 Å². The number of fused-ring (bicyclic) bond motifs is 1. The molecule has 21 heavy (non-hydrogen) atoms. The van der Waals surface area contributed by atoms with Crippen molar-refractivity contribution in [2.75, 3.05) is 26.9 Å². The smallest absolute Gasteiger partial charge is 0.240 e. The third-order valence-electron chi connectivity index (χ3n) is 3.54. The molecule has 1 atom stereocenters. The predicted octanol–water partition coefficient (Wildman–Crippen LogP) is 0.985. The van der Waals surface area contributed by atoms with Crippen LogP contribution in [0.2, 0.25) is 0 Å². The van der Waals surface area contributed by atoms with Crippen LogP contribution in [-0.2, 0) is 27.7 Å². The zero-order chi connectivity index (χ0) is 15.3. The van der Waals surface area contributed by atoms with Gasteiger partial charge in [-0.05, 0) is 36.1 Å². The maximum atomic E-state index is 12.7. The molecule has 0 saturated heterocycles. The van der Waals surface area contributed by atoms with Crippen LogP contribution in [-0.4, -0.2) is 41.4 Å². The summed E-state index contributed by atoms with van der Waals surface area (Å²) in [6.07, 6.45) is 1.22. The lowest BCUT2D eigenvalue weighted by molar-refractivity contribution is 0.196. The zero-order valence-corrected chi connectivity index (χ0v) is 12.9. The number of alkyl halides is 1. The average Bonchev–Trinajstić information content (AvgIpc) is 2.50. The Morgan fingerprint density at radius 3 is 2.95 bits per heavy atom. The number of benzene rings is 1. The Balaban J connectivity index is 2.07. The monoisotopic (exact) mass is 316 g/mol. The summed E-state index contributed by atoms with van der Waals surface area (Å²) in [4.78, 5) is 0.249. The van der Waals surface area contributed by atoms with Gasteiger partial charge in [0.1, 0.15) is 6.67 Å². The van der Waals surface area contributed by atoms with E-state index in [1.807, 2.05) is 0 Å². The van der Waals surface area contributed by atoms with Crippen molar-refractivity contribution in [2.45, 2.75) is 30.3 Å². The van der Waals surface area contributed by atoms with Gasteiger partial charge >= 0.3 is 0 Å². The molecule has 0 fully saturated rings. The molecule has 5 nitrogen and oxygen atoms in total. The van der Waals surface area contributed by atoms with Crippen molar-refractivity contribution >= 4 is 10.0 Å². The van der Waals surface area contributed by atoms with Gasteiger partial charge in [0.15, 0.2) is 0 Å². The molecule has 1 aliphatic rings. The van der Waals surface area contributed by atoms with Crippen LogP contribution in [0.5, 0.6) is 0 Å². The second-order valence-electron chi connectivity index (χ2n) is 5.11. The molecule has 0 aromatic heterocycles. The second kappa shape index (κ2) is 7.31. The van der Waals surface area contributed by atoms with E-state index in [2.05, 4.69) is 10.0 Å². The van der Waals surface area contributed by atoms with E-state index in [-0.39, 0.29) is 10.9 Å². The van der Waals surface area contributed by atoms with Crippen molar-refractivity contribution in [2.24, 2.45) is 0 Å². The number of methoxy groups -OCH3 is 1. The lowest BCUT2D eigenvalue weighted by atomic mass is 9.96. The first kappa shape index (κ1) is 16.4. The first-order valence-corrected chi connectivity index (χ1v) is 8.45. The Hall–Kier alpha value is -1.02. The van der Waals surface area contributed by atoms with Crippen molar-refractivity contribution in [1.82, 2.24) is 10.0 Å². The first-order chi connectivity index (χ1) is 10.1. The number of halogens is 1. The van der Waals surface area contributed by atoms with Crippen LogP contribution in [0.15, 0.2) is 23.1 Å². The molecule has 118 valence electrons. The van der Waals surface area contributed by atoms with Crippen LogP contribution in [0.4, 0.5) is 4.39 Å². The molecule has 1 aromatic rings. The van der Waals surface area contributed by atoms with E-state index in [0.717, 1.165) is 11.1 Å². The lowest BCUT2D eigenvalue weighted by Crippen LogP contribution is -2.37. The molecule has 1 heterocycles. The summed E-state index contributed by atoms with van der Waals surface area (Å²) in [5.74, 6) is 0. The van der Waals surface area contributed by atoms with Crippen molar-refractivity contribution in [1.29, 1.82) is 0 Å². The average molecular weight is 316 g/mol. The molecule has 1 aliphatic heterocycles. The van der Waals surface area contributed by atoms with Gasteiger partial charge in [0.25, 0.3) is 0 Å². The van der Waals surface area contributed by atoms with Gasteiger partial charge in [0.2, 0.25) is 10.0 Å². The van der Waals surface area contributed by atoms with Crippen molar-refractivity contribution in [3.63, 3.8) is 0 Å². The zero-order valence-electron chi connectivity index (χ0n) is 12.1. The summed E-state index contributed by atoms with van der Waals surface area (Å²) in [6, 6.07) is 4.85. The molecule has 7 heteroatoms. The fraction of sp³-hybridized carbons (Fsp3) is 0.571. The molecule has 2 N–H and O–H groups in total. The Morgan fingerprint density at radius 2 is 2.24 bits per heavy atom. The standard InChI is InChI=1S/C14H21FN2O3S/c1-20-6-2-5-17-21(18,19)14-4-3-11-7-13(9-15)16-10-12(11)8-14/h3-4,8,13,16-17H,2,5-7,9-10H2,1H3. The minimum atomic E-state index is -3.50. The van der Waals surface area contributed by atoms with Gasteiger partial charge in [-0.3, -0.25) is 0 Å². The normalized spacial score (nSPS) is 18.5. The summed E-state index contributed by atoms with van der Waals surface area (Å²) in [5.41, 5.74) is 1.93. The number of hydrogen-bond acceptors (Lipinski definition) is 4. The Labute approximate surface area is 124 Å². The van der Waals surface area contributed by atoms with Crippen LogP contribution < -0.4 is 10.0 Å². The molecule has 0 aliphatic carbocycles. The number of hydrogen-bond donors (Lipinski definition) is 2. The maximum Gasteiger partial charge on any atom is 0.240 e. The number of nitrogens with one attached hydrogen (secondary N) is 2. The van der Waals surface area contributed by atoms with Gasteiger partial charge in [0.05, 0.1) is 4.90 Å². The molecule has 0 radical (unpaired) electrons. The molecule has 0 bridgehead atoms. The van der Waals surface area contributed by atoms with Crippen LogP contribution in [0.1, 0.15) is 17.5 Å². The van der Waals surface area contributed by atoms with Gasteiger partial charge in [0, 0.05) is 32.8 Å². The van der Waals surface area contributed by atoms with Crippen LogP contribution in [0.3, 0.4) is 0 Å². The molecule has 2 rings (SSSR count). The molecule has 0 spiro atoms. The van der Waals surface area contributed by atoms with Crippen LogP contribution in [0, 0.1) is 0 Å². The summed E-state index contributed by atoms with van der Waals surface area (Å²) in [7, 11) is -1.92. The minimum absolute atomic E-state index is 0.174. The highest BCUT2D eigenvalue weighted by Crippen LogP contribution is 2.21. The highest BCUT2D eigenvalue weighted by atomic mass is 32.2. The molecular weight excluding hydrogens is 295 g/mol. The van der Waals surface area contributed by atoms with E-state index in [1.54, 1.807) is 25.3 Å². The predicted molar refractivity (Wildman–Crippen MR) is 78.4 cm³/mol. The highest BCUT2D eigenvalue weighted by Gasteiger charge is 2.21. The lowest BCUT2D eigenvalue weighted by Gasteiger charge is -2.24. The van der Waals surface area contributed by atoms with E-state index in [4.69, 9.17) is 4.74 Å². The van der Waals surface area contributed by atoms with Gasteiger partial charge < -0.3 is 10.1 Å². The van der Waals surface area contributed by atoms with Gasteiger partial charge in [-0.1, -0.05) is 6.07 Å². The molecule has 0 saturated carbocycles. The Bertz CT molecular complexity index is 578. The Kier molecular flexibility index (Phi) is 5.69. The van der Waals surface area contributed by atoms with E-state index >= 15 is 0 Å². The number of rotatable bonds is 7. The van der Waals surface area contributed by atoms with Crippen molar-refractivity contribution in [3.05, 3.63) is 29.3 Å². The van der Waals surface area contributed by atoms with Gasteiger partial charge in [-0.15, -0.1) is 0 Å². The van der Waals surface area contributed by atoms with Gasteiger partial charge in [-0.25, -0.2) is 17.5 Å². The molecule has 1 aromatic carbocycles. The van der Waals surface area contributed by atoms with E-state index in [0.29, 0.717) is 32.5 Å². The largest absolute Gasteiger partial charge is 0.385 e. The minimum Gasteiger partial charge on any atom is -0.385 e. The number of ether oxygens (including phenoxy) is 1.